The molecular weight excluding hydrogens is 373 g/mol. The van der Waals surface area contributed by atoms with Crippen molar-refractivity contribution < 1.29 is 27.5 Å². The lowest BCUT2D eigenvalue weighted by molar-refractivity contribution is -0.337. The van der Waals surface area contributed by atoms with Gasteiger partial charge in [-0.3, -0.25) is 14.3 Å². The summed E-state index contributed by atoms with van der Waals surface area (Å²) in [6.07, 6.45) is 1.56. The Morgan fingerprint density at radius 2 is 1.82 bits per heavy atom. The largest absolute Gasteiger partial charge is 0.523 e. The summed E-state index contributed by atoms with van der Waals surface area (Å²) in [5.41, 5.74) is 0.815. The lowest BCUT2D eigenvalue weighted by atomic mass is 9.87. The van der Waals surface area contributed by atoms with Crippen LogP contribution in [0.15, 0.2) is 48.6 Å². The molecule has 0 bridgehead atoms. The number of carbonyl (C=O) groups is 2. The summed E-state index contributed by atoms with van der Waals surface area (Å²) < 4.78 is 42.1. The number of allylic oxidation sites excluding steroid dienone is 2. The first kappa shape index (κ1) is 18.7. The maximum Gasteiger partial charge on any atom is 0.523 e. The van der Waals surface area contributed by atoms with Crippen LogP contribution in [-0.2, 0) is 9.53 Å². The van der Waals surface area contributed by atoms with Crippen molar-refractivity contribution in [1.82, 2.24) is 10.2 Å². The van der Waals surface area contributed by atoms with Gasteiger partial charge in [0.2, 0.25) is 5.91 Å². The maximum atomic E-state index is 12.6. The summed E-state index contributed by atoms with van der Waals surface area (Å²) in [5.74, 6) is -0.723. The highest BCUT2D eigenvalue weighted by atomic mass is 19.4. The number of hydrogen-bond donors (Lipinski definition) is 1. The Bertz CT molecular complexity index is 839. The minimum absolute atomic E-state index is 0.0154. The van der Waals surface area contributed by atoms with Crippen molar-refractivity contribution >= 4 is 11.8 Å². The number of benzene rings is 1. The molecule has 0 saturated carbocycles. The molecule has 2 aliphatic heterocycles. The van der Waals surface area contributed by atoms with E-state index in [4.69, 9.17) is 0 Å². The summed E-state index contributed by atoms with van der Waals surface area (Å²) in [4.78, 5) is 25.7. The summed E-state index contributed by atoms with van der Waals surface area (Å²) in [6.45, 7) is 0.966. The number of hydrogen-bond acceptors (Lipinski definition) is 3. The molecule has 148 valence electrons. The van der Waals surface area contributed by atoms with Gasteiger partial charge in [-0.05, 0) is 24.1 Å². The van der Waals surface area contributed by atoms with Gasteiger partial charge in [0.05, 0.1) is 11.6 Å². The number of nitrogens with one attached hydrogen (secondary N) is 1. The Kier molecular flexibility index (Phi) is 4.53. The number of ether oxygens (including phenoxy) is 1. The quantitative estimate of drug-likeness (QED) is 0.861. The van der Waals surface area contributed by atoms with Crippen LogP contribution in [0.25, 0.3) is 0 Å². The van der Waals surface area contributed by atoms with Crippen molar-refractivity contribution in [2.24, 2.45) is 0 Å². The molecule has 2 fully saturated rings. The molecular formula is C20H19F3N2O3. The lowest BCUT2D eigenvalue weighted by Gasteiger charge is -2.47. The van der Waals surface area contributed by atoms with Gasteiger partial charge in [0.25, 0.3) is 5.91 Å². The lowest BCUT2D eigenvalue weighted by Crippen LogP contribution is -2.68. The third-order valence-corrected chi connectivity index (χ3v) is 5.41. The van der Waals surface area contributed by atoms with Crippen LogP contribution in [0.2, 0.25) is 0 Å². The summed E-state index contributed by atoms with van der Waals surface area (Å²) in [6, 6.07) is 6.54. The molecule has 1 aliphatic carbocycles. The van der Waals surface area contributed by atoms with Crippen LogP contribution in [0, 0.1) is 0 Å². The minimum Gasteiger partial charge on any atom is -0.347 e. The molecule has 1 N–H and O–H groups in total. The molecule has 0 radical (unpaired) electrons. The average molecular weight is 392 g/mol. The monoisotopic (exact) mass is 392 g/mol. The Labute approximate surface area is 159 Å². The molecule has 8 heteroatoms. The first-order valence-corrected chi connectivity index (χ1v) is 9.05. The van der Waals surface area contributed by atoms with Crippen LogP contribution in [0.4, 0.5) is 13.2 Å². The fourth-order valence-corrected chi connectivity index (χ4v) is 4.02. The summed E-state index contributed by atoms with van der Waals surface area (Å²) in [7, 11) is 0. The zero-order valence-corrected chi connectivity index (χ0v) is 14.9. The molecule has 28 heavy (non-hydrogen) atoms. The van der Waals surface area contributed by atoms with Gasteiger partial charge in [0.15, 0.2) is 0 Å². The Morgan fingerprint density at radius 1 is 1.14 bits per heavy atom. The second-order valence-electron chi connectivity index (χ2n) is 7.44. The van der Waals surface area contributed by atoms with Gasteiger partial charge >= 0.3 is 6.36 Å². The van der Waals surface area contributed by atoms with Gasteiger partial charge in [-0.2, -0.15) is 0 Å². The van der Waals surface area contributed by atoms with Crippen molar-refractivity contribution in [3.8, 4) is 0 Å². The van der Waals surface area contributed by atoms with E-state index in [0.29, 0.717) is 30.6 Å². The normalized spacial score (nSPS) is 25.7. The van der Waals surface area contributed by atoms with Crippen molar-refractivity contribution in [2.75, 3.05) is 13.1 Å². The third-order valence-electron chi connectivity index (χ3n) is 5.41. The van der Waals surface area contributed by atoms with Crippen LogP contribution in [0.5, 0.6) is 0 Å². The first-order chi connectivity index (χ1) is 13.2. The smallest absolute Gasteiger partial charge is 0.347 e. The standard InChI is InChI=1S/C20H19F3N2O3/c21-20(22,23)28-16-4-2-1-3-15(16)13-5-7-14(8-6-13)18(27)25-11-19(12-25)10-9-17(26)24-19/h1-8,15-16H,9-12H2,(H,24,26). The van der Waals surface area contributed by atoms with Gasteiger partial charge in [-0.25, -0.2) is 0 Å². The van der Waals surface area contributed by atoms with Crippen molar-refractivity contribution in [2.45, 2.75) is 36.8 Å². The highest BCUT2D eigenvalue weighted by molar-refractivity contribution is 5.95. The number of halogens is 3. The molecule has 2 saturated heterocycles. The Morgan fingerprint density at radius 3 is 2.43 bits per heavy atom. The van der Waals surface area contributed by atoms with E-state index in [1.165, 1.54) is 12.2 Å². The van der Waals surface area contributed by atoms with E-state index in [2.05, 4.69) is 10.1 Å². The zero-order valence-electron chi connectivity index (χ0n) is 14.9. The minimum atomic E-state index is -4.72. The van der Waals surface area contributed by atoms with Crippen LogP contribution < -0.4 is 5.32 Å². The summed E-state index contributed by atoms with van der Waals surface area (Å²) >= 11 is 0. The van der Waals surface area contributed by atoms with Gasteiger partial charge in [0, 0.05) is 31.0 Å². The maximum absolute atomic E-state index is 12.6. The fourth-order valence-electron chi connectivity index (χ4n) is 4.02. The van der Waals surface area contributed by atoms with E-state index >= 15 is 0 Å². The van der Waals surface area contributed by atoms with Crippen LogP contribution in [0.1, 0.15) is 34.7 Å². The van der Waals surface area contributed by atoms with Gasteiger partial charge < -0.3 is 10.2 Å². The molecule has 2 heterocycles. The SMILES string of the molecule is O=C1CCC2(CN(C(=O)c3ccc(C4C=CC=CC4OC(F)(F)F)cc3)C2)N1. The predicted octanol–water partition coefficient (Wildman–Crippen LogP) is 2.91. The molecule has 0 aromatic heterocycles. The fraction of sp³-hybridized carbons (Fsp3) is 0.400. The van der Waals surface area contributed by atoms with E-state index in [1.807, 2.05) is 0 Å². The molecule has 2 atom stereocenters. The Hall–Kier alpha value is -2.61. The van der Waals surface area contributed by atoms with E-state index in [9.17, 15) is 22.8 Å². The van der Waals surface area contributed by atoms with E-state index in [0.717, 1.165) is 6.42 Å². The third kappa shape index (κ3) is 3.69. The van der Waals surface area contributed by atoms with Gasteiger partial charge in [-0.1, -0.05) is 36.4 Å². The van der Waals surface area contributed by atoms with Crippen LogP contribution >= 0.6 is 0 Å². The number of amides is 2. The van der Waals surface area contributed by atoms with E-state index < -0.39 is 18.4 Å². The van der Waals surface area contributed by atoms with Crippen molar-refractivity contribution in [3.63, 3.8) is 0 Å². The van der Waals surface area contributed by atoms with Crippen LogP contribution in [0.3, 0.4) is 0 Å². The highest BCUT2D eigenvalue weighted by Crippen LogP contribution is 2.34. The number of nitrogens with zero attached hydrogens (tertiary/aromatic N) is 1. The molecule has 3 aliphatic rings. The zero-order chi connectivity index (χ0) is 19.9. The van der Waals surface area contributed by atoms with Crippen molar-refractivity contribution in [3.05, 3.63) is 59.7 Å². The highest BCUT2D eigenvalue weighted by Gasteiger charge is 2.49. The first-order valence-electron chi connectivity index (χ1n) is 9.05. The molecule has 4 rings (SSSR count). The molecule has 1 spiro atoms. The van der Waals surface area contributed by atoms with E-state index in [1.54, 1.807) is 41.3 Å². The molecule has 2 amide bonds. The van der Waals surface area contributed by atoms with Crippen molar-refractivity contribution in [1.29, 1.82) is 0 Å². The molecule has 1 aromatic carbocycles. The second kappa shape index (κ2) is 6.77. The topological polar surface area (TPSA) is 58.6 Å². The molecule has 1 aromatic rings. The number of rotatable bonds is 3. The molecule has 5 nitrogen and oxygen atoms in total. The Balaban J connectivity index is 1.42. The van der Waals surface area contributed by atoms with Crippen LogP contribution in [-0.4, -0.2) is 47.8 Å². The van der Waals surface area contributed by atoms with Gasteiger partial charge in [0.1, 0.15) is 0 Å². The van der Waals surface area contributed by atoms with E-state index in [-0.39, 0.29) is 17.4 Å². The number of carbonyl (C=O) groups excluding carboxylic acids is 2. The second-order valence-corrected chi connectivity index (χ2v) is 7.44. The summed E-state index contributed by atoms with van der Waals surface area (Å²) in [5, 5.41) is 2.93. The number of likely N-dealkylation sites (tertiary alicyclic amines) is 1. The average Bonchev–Trinajstić information content (AvgIpc) is 3.01. The molecule has 2 unspecified atom stereocenters. The number of alkyl halides is 3. The van der Waals surface area contributed by atoms with Gasteiger partial charge in [-0.15, -0.1) is 13.2 Å². The predicted molar refractivity (Wildman–Crippen MR) is 94.4 cm³/mol.